The van der Waals surface area contributed by atoms with Crippen LogP contribution < -0.4 is 18.9 Å². The molecule has 0 atom stereocenters. The summed E-state index contributed by atoms with van der Waals surface area (Å²) in [7, 11) is 0. The summed E-state index contributed by atoms with van der Waals surface area (Å²) in [5, 5.41) is 9.51. The third kappa shape index (κ3) is 22.6. The lowest BCUT2D eigenvalue weighted by atomic mass is 10.1. The SMILES string of the molecule is C=C(C)C(=O)Oc1cc(CCCCC)ccc1OCCCCCOC(=O)CCN(CCO)CCC(=O)OCCCCCOc1ccc(CCCCC)cc1OC(=O)C(=C)C. The Kier molecular flexibility index (Phi) is 26.8. The molecule has 0 aromatic heterocycles. The summed E-state index contributed by atoms with van der Waals surface area (Å²) in [4.78, 5) is 51.1. The van der Waals surface area contributed by atoms with Crippen molar-refractivity contribution in [1.82, 2.24) is 4.90 Å². The third-order valence-corrected chi connectivity index (χ3v) is 9.56. The van der Waals surface area contributed by atoms with E-state index in [1.807, 2.05) is 41.3 Å². The van der Waals surface area contributed by atoms with E-state index in [-0.39, 0.29) is 44.6 Å². The van der Waals surface area contributed by atoms with Gasteiger partial charge in [0.15, 0.2) is 23.0 Å². The van der Waals surface area contributed by atoms with Gasteiger partial charge in [-0.05, 0) is 113 Å². The van der Waals surface area contributed by atoms with Crippen LogP contribution in [0.2, 0.25) is 0 Å². The summed E-state index contributed by atoms with van der Waals surface area (Å²) in [6.45, 7) is 17.2. The number of carbonyl (C=O) groups excluding carboxylic acids is 4. The Labute approximate surface area is 358 Å². The lowest BCUT2D eigenvalue weighted by Crippen LogP contribution is -2.32. The molecule has 2 rings (SSSR count). The van der Waals surface area contributed by atoms with Gasteiger partial charge in [0.05, 0.1) is 45.9 Å². The lowest BCUT2D eigenvalue weighted by Gasteiger charge is -2.20. The number of carbonyl (C=O) groups is 4. The van der Waals surface area contributed by atoms with Gasteiger partial charge in [0.2, 0.25) is 0 Å². The van der Waals surface area contributed by atoms with Crippen LogP contribution in [0.4, 0.5) is 0 Å². The van der Waals surface area contributed by atoms with Crippen LogP contribution in [0.1, 0.15) is 129 Å². The fraction of sp³-hybridized carbons (Fsp3) is 0.583. The first-order valence-electron chi connectivity index (χ1n) is 21.9. The van der Waals surface area contributed by atoms with Gasteiger partial charge in [0.25, 0.3) is 0 Å². The largest absolute Gasteiger partial charge is 0.490 e. The topological polar surface area (TPSA) is 147 Å². The van der Waals surface area contributed by atoms with E-state index in [9.17, 15) is 24.3 Å². The molecule has 12 nitrogen and oxygen atoms in total. The zero-order chi connectivity index (χ0) is 44.0. The molecule has 0 unspecified atom stereocenters. The van der Waals surface area contributed by atoms with Gasteiger partial charge < -0.3 is 33.5 Å². The van der Waals surface area contributed by atoms with Crippen LogP contribution in [0.3, 0.4) is 0 Å². The van der Waals surface area contributed by atoms with Crippen molar-refractivity contribution < 1.29 is 52.7 Å². The molecule has 1 N–H and O–H groups in total. The van der Waals surface area contributed by atoms with Crippen molar-refractivity contribution in [2.24, 2.45) is 0 Å². The van der Waals surface area contributed by atoms with E-state index in [0.29, 0.717) is 79.8 Å². The Hall–Kier alpha value is -4.68. The maximum absolute atomic E-state index is 12.4. The number of nitrogens with zero attached hydrogens (tertiary/aromatic N) is 1. The minimum atomic E-state index is -0.492. The van der Waals surface area contributed by atoms with Gasteiger partial charge in [0, 0.05) is 30.8 Å². The number of hydrogen-bond acceptors (Lipinski definition) is 12. The van der Waals surface area contributed by atoms with Crippen molar-refractivity contribution in [1.29, 1.82) is 0 Å². The van der Waals surface area contributed by atoms with E-state index < -0.39 is 11.9 Å². The van der Waals surface area contributed by atoms with E-state index in [4.69, 9.17) is 28.4 Å². The van der Waals surface area contributed by atoms with Gasteiger partial charge in [-0.2, -0.15) is 0 Å². The molecule has 334 valence electrons. The van der Waals surface area contributed by atoms with Gasteiger partial charge >= 0.3 is 23.9 Å². The monoisotopic (exact) mass is 838 g/mol. The van der Waals surface area contributed by atoms with Crippen LogP contribution in [-0.4, -0.2) is 86.6 Å². The Morgan fingerprint density at radius 3 is 1.35 bits per heavy atom. The second-order valence-electron chi connectivity index (χ2n) is 15.1. The second kappa shape index (κ2) is 31.2. The Morgan fingerprint density at radius 2 is 0.967 bits per heavy atom. The van der Waals surface area contributed by atoms with Crippen molar-refractivity contribution in [2.45, 2.75) is 130 Å². The van der Waals surface area contributed by atoms with E-state index in [2.05, 4.69) is 27.0 Å². The summed E-state index contributed by atoms with van der Waals surface area (Å²) < 4.78 is 33.8. The number of rotatable bonds is 34. The van der Waals surface area contributed by atoms with Gasteiger partial charge in [-0.3, -0.25) is 14.5 Å². The first kappa shape index (κ1) is 51.5. The molecule has 2 aromatic rings. The number of benzene rings is 2. The fourth-order valence-electron chi connectivity index (χ4n) is 5.96. The smallest absolute Gasteiger partial charge is 0.338 e. The number of aliphatic hydroxyl groups excluding tert-OH is 1. The van der Waals surface area contributed by atoms with Crippen LogP contribution in [-0.2, 0) is 41.5 Å². The molecule has 0 saturated heterocycles. The number of aryl methyl sites for hydroxylation is 2. The summed E-state index contributed by atoms with van der Waals surface area (Å²) in [5.41, 5.74) is 2.80. The molecule has 0 heterocycles. The summed E-state index contributed by atoms with van der Waals surface area (Å²) in [5.74, 6) is 0.128. The average molecular weight is 838 g/mol. The van der Waals surface area contributed by atoms with Gasteiger partial charge in [-0.25, -0.2) is 9.59 Å². The van der Waals surface area contributed by atoms with Gasteiger partial charge in [-0.15, -0.1) is 0 Å². The molecular formula is C48H71NO11. The van der Waals surface area contributed by atoms with E-state index in [1.54, 1.807) is 13.8 Å². The maximum atomic E-state index is 12.4. The minimum absolute atomic E-state index is 0.101. The first-order valence-corrected chi connectivity index (χ1v) is 21.9. The van der Waals surface area contributed by atoms with E-state index in [0.717, 1.165) is 88.2 Å². The predicted octanol–water partition coefficient (Wildman–Crippen LogP) is 9.07. The Balaban J connectivity index is 1.62. The maximum Gasteiger partial charge on any atom is 0.338 e. The van der Waals surface area contributed by atoms with Crippen LogP contribution in [0.5, 0.6) is 23.0 Å². The highest BCUT2D eigenvalue weighted by atomic mass is 16.6. The lowest BCUT2D eigenvalue weighted by molar-refractivity contribution is -0.144. The first-order chi connectivity index (χ1) is 29.0. The highest BCUT2D eigenvalue weighted by Gasteiger charge is 2.15. The standard InChI is InChI=1S/C48H71NO11/c1-7-9-13-19-39-21-23-41(43(35-39)59-47(53)37(3)4)55-31-15-11-17-33-57-45(51)25-27-49(29-30-50)28-26-46(52)58-34-18-12-16-32-56-42-24-22-40(20-14-10-8-2)36-44(42)60-48(54)38(5)6/h21-24,35-36,50H,3,5,7-20,25-34H2,1-2,4,6H3. The van der Waals surface area contributed by atoms with E-state index >= 15 is 0 Å². The molecule has 0 fully saturated rings. The molecule has 0 aliphatic heterocycles. The molecule has 0 saturated carbocycles. The molecule has 2 aromatic carbocycles. The molecule has 60 heavy (non-hydrogen) atoms. The van der Waals surface area contributed by atoms with Gasteiger partial charge in [0.1, 0.15) is 0 Å². The molecule has 12 heteroatoms. The molecule has 0 aliphatic rings. The zero-order valence-electron chi connectivity index (χ0n) is 36.8. The highest BCUT2D eigenvalue weighted by molar-refractivity contribution is 5.89. The Morgan fingerprint density at radius 1 is 0.550 bits per heavy atom. The molecule has 0 bridgehead atoms. The minimum Gasteiger partial charge on any atom is -0.490 e. The summed E-state index contributed by atoms with van der Waals surface area (Å²) in [6.07, 6.45) is 13.1. The van der Waals surface area contributed by atoms with Crippen LogP contribution >= 0.6 is 0 Å². The molecular weight excluding hydrogens is 767 g/mol. The van der Waals surface area contributed by atoms with E-state index in [1.165, 1.54) is 0 Å². The number of hydrogen-bond donors (Lipinski definition) is 1. The summed E-state index contributed by atoms with van der Waals surface area (Å²) >= 11 is 0. The van der Waals surface area contributed by atoms with Crippen molar-refractivity contribution in [3.63, 3.8) is 0 Å². The molecule has 0 radical (unpaired) electrons. The fourth-order valence-corrected chi connectivity index (χ4v) is 5.96. The molecule has 0 aliphatic carbocycles. The number of unbranched alkanes of at least 4 members (excludes halogenated alkanes) is 8. The molecule has 0 spiro atoms. The van der Waals surface area contributed by atoms with Crippen LogP contribution in [0.25, 0.3) is 0 Å². The zero-order valence-corrected chi connectivity index (χ0v) is 36.8. The van der Waals surface area contributed by atoms with Gasteiger partial charge in [-0.1, -0.05) is 64.8 Å². The number of esters is 4. The van der Waals surface area contributed by atoms with Crippen LogP contribution in [0.15, 0.2) is 60.7 Å². The second-order valence-corrected chi connectivity index (χ2v) is 15.1. The molecule has 0 amide bonds. The predicted molar refractivity (Wildman–Crippen MR) is 234 cm³/mol. The average Bonchev–Trinajstić information content (AvgIpc) is 3.22. The van der Waals surface area contributed by atoms with Crippen molar-refractivity contribution in [3.05, 3.63) is 71.8 Å². The third-order valence-electron chi connectivity index (χ3n) is 9.56. The van der Waals surface area contributed by atoms with Crippen molar-refractivity contribution >= 4 is 23.9 Å². The highest BCUT2D eigenvalue weighted by Crippen LogP contribution is 2.31. The quantitative estimate of drug-likeness (QED) is 0.0310. The van der Waals surface area contributed by atoms with Crippen molar-refractivity contribution in [3.8, 4) is 23.0 Å². The number of aliphatic hydroxyl groups is 1. The summed E-state index contributed by atoms with van der Waals surface area (Å²) in [6, 6.07) is 11.4. The number of ether oxygens (including phenoxy) is 6. The van der Waals surface area contributed by atoms with Crippen LogP contribution in [0, 0.1) is 0 Å². The normalized spacial score (nSPS) is 10.9. The van der Waals surface area contributed by atoms with Crippen molar-refractivity contribution in [2.75, 3.05) is 52.7 Å². The Bertz CT molecular complexity index is 1510.